The first-order valence-corrected chi connectivity index (χ1v) is 10.1. The van der Waals surface area contributed by atoms with E-state index in [0.29, 0.717) is 32.0 Å². The van der Waals surface area contributed by atoms with Crippen LogP contribution in [0.3, 0.4) is 0 Å². The average Bonchev–Trinajstić information content (AvgIpc) is 2.71. The van der Waals surface area contributed by atoms with Gasteiger partial charge in [0.1, 0.15) is 11.6 Å². The van der Waals surface area contributed by atoms with Crippen LogP contribution in [-0.2, 0) is 17.9 Å². The quantitative estimate of drug-likeness (QED) is 0.680. The lowest BCUT2D eigenvalue weighted by Crippen LogP contribution is -2.34. The first kappa shape index (κ1) is 23.2. The number of carbonyl (C=O) groups excluding carboxylic acids is 1. The van der Waals surface area contributed by atoms with Crippen molar-refractivity contribution in [3.63, 3.8) is 0 Å². The second kappa shape index (κ2) is 11.8. The van der Waals surface area contributed by atoms with E-state index >= 15 is 0 Å². The van der Waals surface area contributed by atoms with Gasteiger partial charge in [-0.1, -0.05) is 24.3 Å². The Bertz CT molecular complexity index is 746. The van der Waals surface area contributed by atoms with Gasteiger partial charge in [-0.2, -0.15) is 0 Å². The summed E-state index contributed by atoms with van der Waals surface area (Å²) in [6, 6.07) is 14.3. The van der Waals surface area contributed by atoms with E-state index in [9.17, 15) is 9.18 Å². The number of piperidine rings is 1. The largest absolute Gasteiger partial charge is 0.494 e. The van der Waals surface area contributed by atoms with Crippen LogP contribution in [0, 0.1) is 11.7 Å². The number of benzene rings is 2. The number of ether oxygens (including phenoxy) is 1. The molecule has 1 amide bonds. The van der Waals surface area contributed by atoms with E-state index in [2.05, 4.69) is 5.32 Å². The van der Waals surface area contributed by atoms with Crippen molar-refractivity contribution in [2.24, 2.45) is 5.92 Å². The van der Waals surface area contributed by atoms with Crippen LogP contribution in [0.5, 0.6) is 5.75 Å². The predicted molar refractivity (Wildman–Crippen MR) is 116 cm³/mol. The molecule has 6 heteroatoms. The van der Waals surface area contributed by atoms with Crippen molar-refractivity contribution in [3.05, 3.63) is 65.5 Å². The molecule has 0 radical (unpaired) electrons. The maximum absolute atomic E-state index is 13.2. The summed E-state index contributed by atoms with van der Waals surface area (Å²) in [6.45, 7) is 5.57. The molecule has 1 heterocycles. The van der Waals surface area contributed by atoms with Gasteiger partial charge in [0.25, 0.3) is 0 Å². The maximum atomic E-state index is 13.2. The summed E-state index contributed by atoms with van der Waals surface area (Å²) in [5, 5.41) is 3.35. The van der Waals surface area contributed by atoms with Crippen LogP contribution >= 0.6 is 12.4 Å². The van der Waals surface area contributed by atoms with Gasteiger partial charge in [0, 0.05) is 19.5 Å². The zero-order chi connectivity index (χ0) is 19.8. The molecular weight excluding hydrogens is 391 g/mol. The number of hydrogen-bond acceptors (Lipinski definition) is 3. The van der Waals surface area contributed by atoms with Gasteiger partial charge in [0.15, 0.2) is 0 Å². The molecule has 0 spiro atoms. The van der Waals surface area contributed by atoms with Gasteiger partial charge in [-0.15, -0.1) is 12.4 Å². The Morgan fingerprint density at radius 1 is 1.03 bits per heavy atom. The number of nitrogens with zero attached hydrogens (tertiary/aromatic N) is 1. The third kappa shape index (κ3) is 7.33. The normalized spacial score (nSPS) is 14.1. The molecule has 1 aliphatic rings. The lowest BCUT2D eigenvalue weighted by atomic mass is 9.94. The molecule has 0 unspecified atom stereocenters. The van der Waals surface area contributed by atoms with Crippen molar-refractivity contribution in [2.45, 2.75) is 39.3 Å². The Balaban J connectivity index is 0.00000300. The van der Waals surface area contributed by atoms with Crippen molar-refractivity contribution >= 4 is 18.3 Å². The number of halogens is 2. The summed E-state index contributed by atoms with van der Waals surface area (Å²) in [5.74, 6) is 1.16. The van der Waals surface area contributed by atoms with E-state index in [1.807, 2.05) is 36.1 Å². The Morgan fingerprint density at radius 2 is 1.59 bits per heavy atom. The molecule has 1 fully saturated rings. The van der Waals surface area contributed by atoms with Crippen LogP contribution in [-0.4, -0.2) is 30.5 Å². The molecule has 0 saturated carbocycles. The molecule has 0 aliphatic carbocycles. The second-order valence-electron chi connectivity index (χ2n) is 7.35. The maximum Gasteiger partial charge on any atom is 0.223 e. The monoisotopic (exact) mass is 420 g/mol. The molecule has 0 bridgehead atoms. The van der Waals surface area contributed by atoms with Crippen LogP contribution in [0.2, 0.25) is 0 Å². The van der Waals surface area contributed by atoms with Gasteiger partial charge in [0.05, 0.1) is 6.61 Å². The minimum atomic E-state index is -0.261. The molecule has 0 atom stereocenters. The minimum absolute atomic E-state index is 0. The van der Waals surface area contributed by atoms with Gasteiger partial charge in [-0.05, 0) is 74.2 Å². The fourth-order valence-electron chi connectivity index (χ4n) is 3.58. The van der Waals surface area contributed by atoms with E-state index in [0.717, 1.165) is 42.8 Å². The number of hydrogen-bond donors (Lipinski definition) is 1. The molecule has 2 aromatic rings. The van der Waals surface area contributed by atoms with Gasteiger partial charge >= 0.3 is 0 Å². The summed E-state index contributed by atoms with van der Waals surface area (Å²) in [5.41, 5.74) is 2.00. The third-order valence-corrected chi connectivity index (χ3v) is 5.17. The van der Waals surface area contributed by atoms with E-state index in [1.165, 1.54) is 12.1 Å². The Morgan fingerprint density at radius 3 is 2.14 bits per heavy atom. The molecular formula is C23H30ClFN2O2. The lowest BCUT2D eigenvalue weighted by molar-refractivity contribution is -0.133. The fourth-order valence-corrected chi connectivity index (χ4v) is 3.58. The summed E-state index contributed by atoms with van der Waals surface area (Å²) >= 11 is 0. The van der Waals surface area contributed by atoms with Gasteiger partial charge in [0.2, 0.25) is 5.91 Å². The highest BCUT2D eigenvalue weighted by molar-refractivity contribution is 5.85. The van der Waals surface area contributed by atoms with E-state index in [-0.39, 0.29) is 24.1 Å². The number of carbonyl (C=O) groups is 1. The summed E-state index contributed by atoms with van der Waals surface area (Å²) in [4.78, 5) is 14.9. The summed E-state index contributed by atoms with van der Waals surface area (Å²) < 4.78 is 18.7. The third-order valence-electron chi connectivity index (χ3n) is 5.17. The average molecular weight is 421 g/mol. The smallest absolute Gasteiger partial charge is 0.223 e. The van der Waals surface area contributed by atoms with Crippen molar-refractivity contribution in [3.8, 4) is 5.75 Å². The lowest BCUT2D eigenvalue weighted by Gasteiger charge is -2.27. The highest BCUT2D eigenvalue weighted by Crippen LogP contribution is 2.21. The van der Waals surface area contributed by atoms with E-state index < -0.39 is 0 Å². The first-order chi connectivity index (χ1) is 13.6. The zero-order valence-corrected chi connectivity index (χ0v) is 17.7. The SMILES string of the molecule is CCOc1ccc(CN(Cc2ccc(F)cc2)C(=O)CC2CCNCC2)cc1.Cl. The first-order valence-electron chi connectivity index (χ1n) is 10.1. The number of rotatable bonds is 8. The van der Waals surface area contributed by atoms with Crippen LogP contribution < -0.4 is 10.1 Å². The van der Waals surface area contributed by atoms with Crippen LogP contribution in [0.25, 0.3) is 0 Å². The van der Waals surface area contributed by atoms with Gasteiger partial charge in [-0.3, -0.25) is 4.79 Å². The van der Waals surface area contributed by atoms with Crippen molar-refractivity contribution in [1.82, 2.24) is 10.2 Å². The van der Waals surface area contributed by atoms with E-state index in [1.54, 1.807) is 12.1 Å². The standard InChI is InChI=1S/C23H29FN2O2.ClH/c1-2-28-22-9-5-20(6-10-22)17-26(16-19-3-7-21(24)8-4-19)23(27)15-18-11-13-25-14-12-18;/h3-10,18,25H,2,11-17H2,1H3;1H. The van der Waals surface area contributed by atoms with Gasteiger partial charge in [-0.25, -0.2) is 4.39 Å². The number of amides is 1. The molecule has 1 N–H and O–H groups in total. The summed E-state index contributed by atoms with van der Waals surface area (Å²) in [7, 11) is 0. The molecule has 4 nitrogen and oxygen atoms in total. The zero-order valence-electron chi connectivity index (χ0n) is 16.9. The van der Waals surface area contributed by atoms with Crippen molar-refractivity contribution in [2.75, 3.05) is 19.7 Å². The number of nitrogens with one attached hydrogen (secondary N) is 1. The molecule has 158 valence electrons. The predicted octanol–water partition coefficient (Wildman–Crippen LogP) is 4.56. The fraction of sp³-hybridized carbons (Fsp3) is 0.435. The molecule has 2 aromatic carbocycles. The molecule has 1 saturated heterocycles. The molecule has 0 aromatic heterocycles. The second-order valence-corrected chi connectivity index (χ2v) is 7.35. The Kier molecular flexibility index (Phi) is 9.42. The van der Waals surface area contributed by atoms with Crippen molar-refractivity contribution < 1.29 is 13.9 Å². The van der Waals surface area contributed by atoms with Crippen LogP contribution in [0.4, 0.5) is 4.39 Å². The minimum Gasteiger partial charge on any atom is -0.494 e. The summed E-state index contributed by atoms with van der Waals surface area (Å²) in [6.07, 6.45) is 2.65. The Labute approximate surface area is 178 Å². The van der Waals surface area contributed by atoms with Crippen molar-refractivity contribution in [1.29, 1.82) is 0 Å². The van der Waals surface area contributed by atoms with Gasteiger partial charge < -0.3 is 15.0 Å². The highest BCUT2D eigenvalue weighted by Gasteiger charge is 2.21. The van der Waals surface area contributed by atoms with E-state index in [4.69, 9.17) is 4.74 Å². The highest BCUT2D eigenvalue weighted by atomic mass is 35.5. The molecule has 1 aliphatic heterocycles. The topological polar surface area (TPSA) is 41.6 Å². The molecule has 3 rings (SSSR count). The van der Waals surface area contributed by atoms with Crippen LogP contribution in [0.15, 0.2) is 48.5 Å². The molecule has 29 heavy (non-hydrogen) atoms. The van der Waals surface area contributed by atoms with Crippen LogP contribution in [0.1, 0.15) is 37.3 Å². The Hall–Kier alpha value is -2.11.